The van der Waals surface area contributed by atoms with Crippen LogP contribution in [0.3, 0.4) is 0 Å². The van der Waals surface area contributed by atoms with Gasteiger partial charge in [0.2, 0.25) is 0 Å². The summed E-state index contributed by atoms with van der Waals surface area (Å²) in [4.78, 5) is 36.0. The fourth-order valence-corrected chi connectivity index (χ4v) is 3.19. The van der Waals surface area contributed by atoms with Crippen LogP contribution in [0.5, 0.6) is 0 Å². The molecule has 0 saturated heterocycles. The highest BCUT2D eigenvalue weighted by atomic mass is 35.5. The molecule has 0 aromatic heterocycles. The number of H-pyrrole nitrogens is 1. The molecule has 1 aromatic rings. The molecule has 3 N–H and O–H groups in total. The number of hydrogen-bond acceptors (Lipinski definition) is 7. The van der Waals surface area contributed by atoms with Gasteiger partial charge in [0.1, 0.15) is 0 Å². The zero-order valence-corrected chi connectivity index (χ0v) is 15.7. The Kier molecular flexibility index (Phi) is 6.08. The molecule has 0 radical (unpaired) electrons. The molecule has 11 heteroatoms. The predicted molar refractivity (Wildman–Crippen MR) is 102 cm³/mol. The summed E-state index contributed by atoms with van der Waals surface area (Å²) in [5.41, 5.74) is -0.420. The number of halogens is 2. The highest BCUT2D eigenvalue weighted by molar-refractivity contribution is 6.42. The van der Waals surface area contributed by atoms with Crippen LogP contribution in [0, 0.1) is 0 Å². The van der Waals surface area contributed by atoms with Gasteiger partial charge in [-0.1, -0.05) is 23.2 Å². The maximum atomic E-state index is 12.2. The summed E-state index contributed by atoms with van der Waals surface area (Å²) in [5.74, 6) is 0.127. The lowest BCUT2D eigenvalue weighted by Crippen LogP contribution is -2.34. The maximum Gasteiger partial charge on any atom is 0.349 e. The number of rotatable bonds is 7. The zero-order chi connectivity index (χ0) is 19.6. The third-order valence-corrected chi connectivity index (χ3v) is 4.85. The average molecular weight is 414 g/mol. The monoisotopic (exact) mass is 413 g/mol. The number of nitrogens with zero attached hydrogens (tertiary/aromatic N) is 4. The van der Waals surface area contributed by atoms with E-state index in [1.165, 1.54) is 0 Å². The molecule has 0 bridgehead atoms. The summed E-state index contributed by atoms with van der Waals surface area (Å²) >= 11 is 12.2. The summed E-state index contributed by atoms with van der Waals surface area (Å²) in [7, 11) is 0. The minimum Gasteiger partial charge on any atom is -0.395 e. The Balaban J connectivity index is 2.18. The molecule has 9 nitrogen and oxygen atoms in total. The van der Waals surface area contributed by atoms with Crippen molar-refractivity contribution in [2.24, 2.45) is 0 Å². The van der Waals surface area contributed by atoms with Crippen molar-refractivity contribution in [3.05, 3.63) is 43.0 Å². The van der Waals surface area contributed by atoms with E-state index in [2.05, 4.69) is 15.0 Å². The molecule has 0 fully saturated rings. The highest BCUT2D eigenvalue weighted by Crippen LogP contribution is 2.29. The van der Waals surface area contributed by atoms with E-state index in [1.807, 2.05) is 4.90 Å². The van der Waals surface area contributed by atoms with Crippen LogP contribution in [-0.4, -0.2) is 67.5 Å². The molecule has 0 spiro atoms. The minimum absolute atomic E-state index is 0.0105. The van der Waals surface area contributed by atoms with E-state index >= 15 is 0 Å². The standard InChI is InChI=1S/C16H17Cl2N5O4/c17-9-7-11-12(8-10(9)18)23(2-1-22(3-5-24)4-6-25)14-13(19-11)15(26)21-16(27)20-14/h7-8,24-25H,1-6H2,(H,21,26,27). The summed E-state index contributed by atoms with van der Waals surface area (Å²) in [5, 5.41) is 18.9. The molecule has 144 valence electrons. The van der Waals surface area contributed by atoms with Gasteiger partial charge in [0.15, 0.2) is 11.5 Å². The molecule has 27 heavy (non-hydrogen) atoms. The predicted octanol–water partition coefficient (Wildman–Crippen LogP) is 0.178. The Labute approximate surface area is 163 Å². The van der Waals surface area contributed by atoms with Gasteiger partial charge in [-0.25, -0.2) is 9.78 Å². The molecule has 2 aliphatic heterocycles. The lowest BCUT2D eigenvalue weighted by atomic mass is 10.2. The van der Waals surface area contributed by atoms with Gasteiger partial charge in [-0.2, -0.15) is 4.98 Å². The molecule has 0 unspecified atom stereocenters. The smallest absolute Gasteiger partial charge is 0.349 e. The van der Waals surface area contributed by atoms with Crippen molar-refractivity contribution >= 4 is 34.2 Å². The number of aliphatic hydroxyl groups excluding tert-OH is 2. The van der Waals surface area contributed by atoms with Crippen molar-refractivity contribution in [2.75, 3.05) is 32.8 Å². The quantitative estimate of drug-likeness (QED) is 0.471. The summed E-state index contributed by atoms with van der Waals surface area (Å²) in [6.45, 7) is 1.37. The van der Waals surface area contributed by atoms with E-state index in [-0.39, 0.29) is 29.8 Å². The number of nitrogens with one attached hydrogen (secondary N) is 1. The van der Waals surface area contributed by atoms with Crippen molar-refractivity contribution in [1.82, 2.24) is 24.4 Å². The number of fused-ring (bicyclic) bond motifs is 2. The van der Waals surface area contributed by atoms with Crippen molar-refractivity contribution in [3.8, 4) is 11.5 Å². The average Bonchev–Trinajstić information content (AvgIpc) is 2.61. The second-order valence-corrected chi connectivity index (χ2v) is 6.67. The fourth-order valence-electron chi connectivity index (χ4n) is 2.88. The van der Waals surface area contributed by atoms with Crippen molar-refractivity contribution in [1.29, 1.82) is 0 Å². The third kappa shape index (κ3) is 4.12. The molecule has 2 heterocycles. The van der Waals surface area contributed by atoms with Crippen LogP contribution >= 0.6 is 23.2 Å². The fraction of sp³-hybridized carbons (Fsp3) is 0.375. The lowest BCUT2D eigenvalue weighted by molar-refractivity contribution is 0.158. The normalized spacial score (nSPS) is 11.7. The Morgan fingerprint density at radius 2 is 1.70 bits per heavy atom. The van der Waals surface area contributed by atoms with Crippen molar-refractivity contribution in [3.63, 3.8) is 0 Å². The first-order chi connectivity index (χ1) is 12.9. The number of aromatic amines is 1. The van der Waals surface area contributed by atoms with Gasteiger partial charge in [-0.3, -0.25) is 14.7 Å². The van der Waals surface area contributed by atoms with Gasteiger partial charge in [-0.15, -0.1) is 0 Å². The maximum absolute atomic E-state index is 12.2. The number of aromatic nitrogens is 4. The van der Waals surface area contributed by atoms with E-state index in [1.54, 1.807) is 16.7 Å². The molecule has 0 atom stereocenters. The van der Waals surface area contributed by atoms with Crippen LogP contribution in [-0.2, 0) is 6.54 Å². The van der Waals surface area contributed by atoms with E-state index in [4.69, 9.17) is 23.2 Å². The van der Waals surface area contributed by atoms with Gasteiger partial charge < -0.3 is 14.8 Å². The molecule has 3 rings (SSSR count). The molecule has 0 amide bonds. The Bertz CT molecular complexity index is 1050. The van der Waals surface area contributed by atoms with Crippen LogP contribution in [0.1, 0.15) is 0 Å². The van der Waals surface area contributed by atoms with Crippen LogP contribution < -0.4 is 11.2 Å². The SMILES string of the molecule is O=c1nc2n(CCN(CCO)CCO)c3cc(Cl)c(Cl)cc3nc-2c(=O)[nH]1. The van der Waals surface area contributed by atoms with Crippen LogP contribution in [0.15, 0.2) is 21.7 Å². The minimum atomic E-state index is -0.773. The summed E-state index contributed by atoms with van der Waals surface area (Å²) in [6, 6.07) is 3.14. The molecule has 2 aliphatic rings. The lowest BCUT2D eigenvalue weighted by Gasteiger charge is -2.23. The van der Waals surface area contributed by atoms with Crippen molar-refractivity contribution < 1.29 is 10.2 Å². The van der Waals surface area contributed by atoms with E-state index < -0.39 is 11.2 Å². The Hall–Kier alpha value is -2.04. The Morgan fingerprint density at radius 3 is 2.37 bits per heavy atom. The van der Waals surface area contributed by atoms with E-state index in [9.17, 15) is 19.8 Å². The highest BCUT2D eigenvalue weighted by Gasteiger charge is 2.20. The largest absolute Gasteiger partial charge is 0.395 e. The topological polar surface area (TPSA) is 124 Å². The number of benzene rings is 1. The molecular weight excluding hydrogens is 397 g/mol. The van der Waals surface area contributed by atoms with Gasteiger partial charge in [0.05, 0.1) is 34.3 Å². The van der Waals surface area contributed by atoms with E-state index in [0.717, 1.165) is 0 Å². The van der Waals surface area contributed by atoms with Crippen LogP contribution in [0.4, 0.5) is 0 Å². The van der Waals surface area contributed by atoms with Crippen LogP contribution in [0.25, 0.3) is 22.6 Å². The summed E-state index contributed by atoms with van der Waals surface area (Å²) in [6.07, 6.45) is 0. The van der Waals surface area contributed by atoms with Crippen LogP contribution in [0.2, 0.25) is 10.0 Å². The molecular formula is C16H17Cl2N5O4. The Morgan fingerprint density at radius 1 is 1.04 bits per heavy atom. The second-order valence-electron chi connectivity index (χ2n) is 5.85. The zero-order valence-electron chi connectivity index (χ0n) is 14.2. The van der Waals surface area contributed by atoms with E-state index in [0.29, 0.717) is 42.2 Å². The van der Waals surface area contributed by atoms with Gasteiger partial charge in [-0.05, 0) is 12.1 Å². The summed E-state index contributed by atoms with van der Waals surface area (Å²) < 4.78 is 1.66. The van der Waals surface area contributed by atoms with Gasteiger partial charge in [0, 0.05) is 26.2 Å². The first-order valence-electron chi connectivity index (χ1n) is 8.18. The number of hydrogen-bond donors (Lipinski definition) is 3. The first kappa shape index (κ1) is 19.7. The van der Waals surface area contributed by atoms with Crippen molar-refractivity contribution in [2.45, 2.75) is 6.54 Å². The van der Waals surface area contributed by atoms with Gasteiger partial charge >= 0.3 is 5.69 Å². The molecule has 0 saturated carbocycles. The molecule has 0 aliphatic carbocycles. The van der Waals surface area contributed by atoms with Gasteiger partial charge in [0.25, 0.3) is 5.56 Å². The molecule has 1 aromatic carbocycles. The first-order valence-corrected chi connectivity index (χ1v) is 8.94. The third-order valence-electron chi connectivity index (χ3n) is 4.12. The number of aliphatic hydroxyl groups is 2. The second kappa shape index (κ2) is 8.32.